The van der Waals surface area contributed by atoms with Gasteiger partial charge in [-0.1, -0.05) is 6.92 Å². The summed E-state index contributed by atoms with van der Waals surface area (Å²) >= 11 is 3.52. The van der Waals surface area contributed by atoms with Crippen LogP contribution in [0.2, 0.25) is 0 Å². The molecule has 4 heteroatoms. The molecule has 0 saturated heterocycles. The highest BCUT2D eigenvalue weighted by molar-refractivity contribution is 9.10. The van der Waals surface area contributed by atoms with Gasteiger partial charge in [0, 0.05) is 12.2 Å². The van der Waals surface area contributed by atoms with Crippen LogP contribution in [0, 0.1) is 13.8 Å². The number of aromatic nitrogens is 2. The SMILES string of the molecule is CCNCCCn1nc(C)c(Br)c1C. The largest absolute Gasteiger partial charge is 0.317 e. The van der Waals surface area contributed by atoms with E-state index in [-0.39, 0.29) is 0 Å². The van der Waals surface area contributed by atoms with Crippen molar-refractivity contribution in [3.63, 3.8) is 0 Å². The van der Waals surface area contributed by atoms with Crippen LogP contribution in [0.15, 0.2) is 4.47 Å². The Balaban J connectivity index is 2.47. The maximum atomic E-state index is 4.45. The highest BCUT2D eigenvalue weighted by Crippen LogP contribution is 2.19. The lowest BCUT2D eigenvalue weighted by atomic mass is 10.4. The molecule has 3 nitrogen and oxygen atoms in total. The summed E-state index contributed by atoms with van der Waals surface area (Å²) in [6.07, 6.45) is 1.13. The second kappa shape index (κ2) is 5.51. The first-order valence-corrected chi connectivity index (χ1v) is 5.86. The predicted octanol–water partition coefficient (Wildman–Crippen LogP) is 2.26. The summed E-state index contributed by atoms with van der Waals surface area (Å²) in [4.78, 5) is 0. The van der Waals surface area contributed by atoms with Crippen LogP contribution < -0.4 is 5.32 Å². The van der Waals surface area contributed by atoms with Gasteiger partial charge >= 0.3 is 0 Å². The maximum absolute atomic E-state index is 4.45. The van der Waals surface area contributed by atoms with Crippen LogP contribution in [0.25, 0.3) is 0 Å². The molecule has 0 saturated carbocycles. The molecule has 14 heavy (non-hydrogen) atoms. The van der Waals surface area contributed by atoms with Crippen LogP contribution >= 0.6 is 15.9 Å². The quantitative estimate of drug-likeness (QED) is 0.823. The van der Waals surface area contributed by atoms with E-state index in [0.29, 0.717) is 0 Å². The molecule has 0 fully saturated rings. The third kappa shape index (κ3) is 2.82. The lowest BCUT2D eigenvalue weighted by Crippen LogP contribution is -2.16. The zero-order chi connectivity index (χ0) is 10.6. The molecule has 0 aliphatic heterocycles. The topological polar surface area (TPSA) is 29.9 Å². The van der Waals surface area contributed by atoms with E-state index < -0.39 is 0 Å². The fraction of sp³-hybridized carbons (Fsp3) is 0.700. The molecule has 0 atom stereocenters. The Labute approximate surface area is 94.0 Å². The van der Waals surface area contributed by atoms with E-state index in [2.05, 4.69) is 44.9 Å². The molecule has 0 aliphatic carbocycles. The standard InChI is InChI=1S/C10H18BrN3/c1-4-12-6-5-7-14-9(3)10(11)8(2)13-14/h12H,4-7H2,1-3H3. The lowest BCUT2D eigenvalue weighted by molar-refractivity contribution is 0.538. The van der Waals surface area contributed by atoms with Crippen molar-refractivity contribution >= 4 is 15.9 Å². The van der Waals surface area contributed by atoms with Crippen molar-refractivity contribution in [2.75, 3.05) is 13.1 Å². The number of hydrogen-bond donors (Lipinski definition) is 1. The minimum Gasteiger partial charge on any atom is -0.317 e. The Hall–Kier alpha value is -0.350. The monoisotopic (exact) mass is 259 g/mol. The van der Waals surface area contributed by atoms with Crippen LogP contribution in [0.5, 0.6) is 0 Å². The Morgan fingerprint density at radius 1 is 1.43 bits per heavy atom. The van der Waals surface area contributed by atoms with Crippen LogP contribution in [-0.2, 0) is 6.54 Å². The lowest BCUT2D eigenvalue weighted by Gasteiger charge is -2.04. The first-order valence-electron chi connectivity index (χ1n) is 5.07. The van der Waals surface area contributed by atoms with E-state index >= 15 is 0 Å². The molecule has 0 aromatic carbocycles. The van der Waals surface area contributed by atoms with Gasteiger partial charge in [-0.3, -0.25) is 4.68 Å². The van der Waals surface area contributed by atoms with E-state index in [1.165, 1.54) is 5.69 Å². The van der Waals surface area contributed by atoms with Crippen molar-refractivity contribution in [3.05, 3.63) is 15.9 Å². The van der Waals surface area contributed by atoms with Crippen molar-refractivity contribution in [2.45, 2.75) is 33.7 Å². The van der Waals surface area contributed by atoms with Crippen molar-refractivity contribution in [1.82, 2.24) is 15.1 Å². The molecule has 1 aromatic rings. The van der Waals surface area contributed by atoms with Crippen LogP contribution in [-0.4, -0.2) is 22.9 Å². The molecule has 0 spiro atoms. The molecule has 80 valence electrons. The summed E-state index contributed by atoms with van der Waals surface area (Å²) in [6, 6.07) is 0. The minimum absolute atomic E-state index is 0.991. The van der Waals surface area contributed by atoms with Gasteiger partial charge in [0.25, 0.3) is 0 Å². The van der Waals surface area contributed by atoms with Crippen LogP contribution in [0.1, 0.15) is 24.7 Å². The van der Waals surface area contributed by atoms with E-state index in [1.54, 1.807) is 0 Å². The fourth-order valence-corrected chi connectivity index (χ4v) is 1.71. The minimum atomic E-state index is 0.991. The number of halogens is 1. The average molecular weight is 260 g/mol. The first-order chi connectivity index (χ1) is 6.66. The second-order valence-corrected chi connectivity index (χ2v) is 4.21. The first kappa shape index (κ1) is 11.7. The summed E-state index contributed by atoms with van der Waals surface area (Å²) in [7, 11) is 0. The summed E-state index contributed by atoms with van der Waals surface area (Å²) in [5, 5.41) is 7.76. The third-order valence-electron chi connectivity index (χ3n) is 2.27. The smallest absolute Gasteiger partial charge is 0.0738 e. The number of nitrogens with zero attached hydrogens (tertiary/aromatic N) is 2. The fourth-order valence-electron chi connectivity index (χ4n) is 1.42. The number of rotatable bonds is 5. The molecular weight excluding hydrogens is 242 g/mol. The second-order valence-electron chi connectivity index (χ2n) is 3.42. The van der Waals surface area contributed by atoms with Crippen molar-refractivity contribution < 1.29 is 0 Å². The van der Waals surface area contributed by atoms with Gasteiger partial charge in [-0.15, -0.1) is 0 Å². The van der Waals surface area contributed by atoms with Gasteiger partial charge < -0.3 is 5.32 Å². The third-order valence-corrected chi connectivity index (χ3v) is 3.41. The van der Waals surface area contributed by atoms with Crippen molar-refractivity contribution in [2.24, 2.45) is 0 Å². The van der Waals surface area contributed by atoms with E-state index in [4.69, 9.17) is 0 Å². The molecule has 0 radical (unpaired) electrons. The van der Waals surface area contributed by atoms with Crippen LogP contribution in [0.4, 0.5) is 0 Å². The Kier molecular flexibility index (Phi) is 4.62. The Morgan fingerprint density at radius 2 is 2.14 bits per heavy atom. The molecule has 1 heterocycles. The Bertz CT molecular complexity index is 294. The number of aryl methyl sites for hydroxylation is 2. The van der Waals surface area contributed by atoms with Gasteiger partial charge in [0.05, 0.1) is 10.2 Å². The number of nitrogens with one attached hydrogen (secondary N) is 1. The van der Waals surface area contributed by atoms with Crippen LogP contribution in [0.3, 0.4) is 0 Å². The molecular formula is C10H18BrN3. The van der Waals surface area contributed by atoms with Gasteiger partial charge in [-0.2, -0.15) is 5.10 Å². The molecule has 1 rings (SSSR count). The predicted molar refractivity (Wildman–Crippen MR) is 62.6 cm³/mol. The average Bonchev–Trinajstić information content (AvgIpc) is 2.41. The molecule has 0 amide bonds. The normalized spacial score (nSPS) is 10.9. The maximum Gasteiger partial charge on any atom is 0.0738 e. The molecule has 0 bridgehead atoms. The summed E-state index contributed by atoms with van der Waals surface area (Å²) in [6.45, 7) is 9.34. The Morgan fingerprint density at radius 3 is 2.64 bits per heavy atom. The number of hydrogen-bond acceptors (Lipinski definition) is 2. The van der Waals surface area contributed by atoms with Crippen molar-refractivity contribution in [1.29, 1.82) is 0 Å². The molecule has 1 N–H and O–H groups in total. The summed E-state index contributed by atoms with van der Waals surface area (Å²) in [5.41, 5.74) is 2.30. The highest BCUT2D eigenvalue weighted by atomic mass is 79.9. The molecule has 0 unspecified atom stereocenters. The zero-order valence-corrected chi connectivity index (χ0v) is 10.7. The summed E-state index contributed by atoms with van der Waals surface area (Å²) in [5.74, 6) is 0. The summed E-state index contributed by atoms with van der Waals surface area (Å²) < 4.78 is 3.21. The zero-order valence-electron chi connectivity index (χ0n) is 9.10. The van der Waals surface area contributed by atoms with E-state index in [0.717, 1.165) is 36.2 Å². The van der Waals surface area contributed by atoms with E-state index in [1.807, 2.05) is 6.92 Å². The van der Waals surface area contributed by atoms with Gasteiger partial charge in [-0.05, 0) is 49.3 Å². The highest BCUT2D eigenvalue weighted by Gasteiger charge is 2.07. The van der Waals surface area contributed by atoms with Gasteiger partial charge in [-0.25, -0.2) is 0 Å². The van der Waals surface area contributed by atoms with Crippen molar-refractivity contribution in [3.8, 4) is 0 Å². The van der Waals surface area contributed by atoms with Gasteiger partial charge in [0.2, 0.25) is 0 Å². The van der Waals surface area contributed by atoms with Gasteiger partial charge in [0.15, 0.2) is 0 Å². The van der Waals surface area contributed by atoms with E-state index in [9.17, 15) is 0 Å². The molecule has 1 aromatic heterocycles. The molecule has 0 aliphatic rings. The van der Waals surface area contributed by atoms with Gasteiger partial charge in [0.1, 0.15) is 0 Å².